The van der Waals surface area contributed by atoms with Crippen LogP contribution in [0, 0.1) is 10.1 Å². The third-order valence-electron chi connectivity index (χ3n) is 5.37. The molecule has 184 valence electrons. The number of ether oxygens (including phenoxy) is 3. The van der Waals surface area contributed by atoms with Crippen LogP contribution in [0.25, 0.3) is 0 Å². The largest absolute Gasteiger partial charge is 0.495 e. The van der Waals surface area contributed by atoms with Crippen molar-refractivity contribution in [3.05, 3.63) is 52.1 Å². The van der Waals surface area contributed by atoms with Crippen molar-refractivity contribution in [2.24, 2.45) is 0 Å². The molecule has 11 nitrogen and oxygen atoms in total. The fraction of sp³-hybridized carbons (Fsp3) is 0.409. The smallest absolute Gasteiger partial charge is 0.271 e. The van der Waals surface area contributed by atoms with Crippen LogP contribution in [0.1, 0.15) is 31.9 Å². The Morgan fingerprint density at radius 1 is 1.21 bits per heavy atom. The number of anilines is 1. The van der Waals surface area contributed by atoms with Gasteiger partial charge in [0.05, 0.1) is 24.3 Å². The molecular formula is C22H27N3O8S. The van der Waals surface area contributed by atoms with Crippen molar-refractivity contribution in [3.63, 3.8) is 0 Å². The number of nitro groups is 1. The molecular weight excluding hydrogens is 466 g/mol. The summed E-state index contributed by atoms with van der Waals surface area (Å²) in [7, 11) is -2.71. The highest BCUT2D eigenvalue weighted by Crippen LogP contribution is 2.36. The molecule has 1 aliphatic rings. The van der Waals surface area contributed by atoms with Gasteiger partial charge in [-0.2, -0.15) is 0 Å². The third kappa shape index (κ3) is 5.33. The lowest BCUT2D eigenvalue weighted by atomic mass is 10.1. The minimum absolute atomic E-state index is 0.0853. The number of rotatable bonds is 9. The molecule has 1 amide bonds. The van der Waals surface area contributed by atoms with Crippen molar-refractivity contribution < 1.29 is 32.3 Å². The number of sulfonamides is 1. The predicted octanol–water partition coefficient (Wildman–Crippen LogP) is 2.80. The number of amides is 1. The fourth-order valence-electron chi connectivity index (χ4n) is 3.72. The summed E-state index contributed by atoms with van der Waals surface area (Å²) < 4.78 is 42.8. The Kier molecular flexibility index (Phi) is 7.50. The van der Waals surface area contributed by atoms with E-state index in [-0.39, 0.29) is 23.5 Å². The summed E-state index contributed by atoms with van der Waals surface area (Å²) in [5.74, 6) is 0.697. The Bertz CT molecular complexity index is 1180. The third-order valence-corrected chi connectivity index (χ3v) is 6.53. The zero-order valence-corrected chi connectivity index (χ0v) is 20.1. The van der Waals surface area contributed by atoms with E-state index in [9.17, 15) is 23.3 Å². The molecule has 2 aromatic rings. The number of carbonyl (C=O) groups is 1. The summed E-state index contributed by atoms with van der Waals surface area (Å²) >= 11 is 0. The van der Waals surface area contributed by atoms with Crippen molar-refractivity contribution in [1.82, 2.24) is 5.32 Å². The molecule has 2 aromatic carbocycles. The molecule has 12 heteroatoms. The summed E-state index contributed by atoms with van der Waals surface area (Å²) in [4.78, 5) is 23.9. The highest BCUT2D eigenvalue weighted by molar-refractivity contribution is 7.92. The lowest BCUT2D eigenvalue weighted by molar-refractivity contribution is -0.384. The van der Waals surface area contributed by atoms with Gasteiger partial charge >= 0.3 is 0 Å². The lowest BCUT2D eigenvalue weighted by Gasteiger charge is -2.32. The maximum Gasteiger partial charge on any atom is 0.271 e. The second kappa shape index (κ2) is 10.2. The van der Waals surface area contributed by atoms with E-state index in [1.54, 1.807) is 32.0 Å². The van der Waals surface area contributed by atoms with Gasteiger partial charge in [0.1, 0.15) is 30.7 Å². The van der Waals surface area contributed by atoms with Crippen LogP contribution in [0.4, 0.5) is 11.4 Å². The van der Waals surface area contributed by atoms with E-state index in [4.69, 9.17) is 14.2 Å². The summed E-state index contributed by atoms with van der Waals surface area (Å²) in [6, 6.07) is 7.23. The number of fused-ring (bicyclic) bond motifs is 1. The number of nitro benzene ring substituents is 1. The number of benzene rings is 2. The topological polar surface area (TPSA) is 137 Å². The van der Waals surface area contributed by atoms with Gasteiger partial charge in [-0.05, 0) is 37.1 Å². The standard InChI is InChI=1S/C22H27N3O8S/c1-5-17(22(26)23-14(2)15-6-8-20-21(12-15)33-11-10-32-20)24(34(4,29)30)18-13-16(25(27)28)7-9-19(18)31-3/h6-9,12-14,17H,5,10-11H2,1-4H3,(H,23,26)/t14-,17-/m1/s1. The first-order chi connectivity index (χ1) is 16.1. The highest BCUT2D eigenvalue weighted by atomic mass is 32.2. The number of nitrogens with zero attached hydrogens (tertiary/aromatic N) is 2. The molecule has 1 aliphatic heterocycles. The van der Waals surface area contributed by atoms with Crippen LogP contribution in [0.15, 0.2) is 36.4 Å². The predicted molar refractivity (Wildman–Crippen MR) is 125 cm³/mol. The molecule has 2 atom stereocenters. The van der Waals surface area contributed by atoms with E-state index in [2.05, 4.69) is 5.32 Å². The van der Waals surface area contributed by atoms with Crippen molar-refractivity contribution in [2.75, 3.05) is 30.9 Å². The first-order valence-electron chi connectivity index (χ1n) is 10.6. The number of methoxy groups -OCH3 is 1. The molecule has 0 aliphatic carbocycles. The Morgan fingerprint density at radius 2 is 1.88 bits per heavy atom. The van der Waals surface area contributed by atoms with Gasteiger partial charge in [0.2, 0.25) is 15.9 Å². The van der Waals surface area contributed by atoms with Crippen LogP contribution in [0.3, 0.4) is 0 Å². The zero-order valence-electron chi connectivity index (χ0n) is 19.3. The van der Waals surface area contributed by atoms with Gasteiger partial charge in [-0.1, -0.05) is 13.0 Å². The molecule has 0 fully saturated rings. The Hall–Kier alpha value is -3.54. The lowest BCUT2D eigenvalue weighted by Crippen LogP contribution is -2.49. The minimum atomic E-state index is -4.03. The summed E-state index contributed by atoms with van der Waals surface area (Å²) in [5, 5.41) is 14.1. The maximum atomic E-state index is 13.3. The van der Waals surface area contributed by atoms with E-state index >= 15 is 0 Å². The molecule has 0 unspecified atom stereocenters. The van der Waals surface area contributed by atoms with Gasteiger partial charge in [-0.3, -0.25) is 19.2 Å². The SMILES string of the molecule is CC[C@H](C(=O)N[C@H](C)c1ccc2c(c1)OCCO2)N(c1cc([N+](=O)[O-])ccc1OC)S(C)(=O)=O. The van der Waals surface area contributed by atoms with Gasteiger partial charge < -0.3 is 19.5 Å². The molecule has 3 rings (SSSR count). The van der Waals surface area contributed by atoms with Crippen LogP contribution >= 0.6 is 0 Å². The van der Waals surface area contributed by atoms with Crippen LogP contribution in [-0.2, 0) is 14.8 Å². The molecule has 1 N–H and O–H groups in total. The van der Waals surface area contributed by atoms with Gasteiger partial charge in [-0.15, -0.1) is 0 Å². The quantitative estimate of drug-likeness (QED) is 0.416. The van der Waals surface area contributed by atoms with Crippen LogP contribution in [-0.4, -0.2) is 51.9 Å². The van der Waals surface area contributed by atoms with Crippen molar-refractivity contribution in [2.45, 2.75) is 32.4 Å². The van der Waals surface area contributed by atoms with Crippen LogP contribution in [0.5, 0.6) is 17.2 Å². The van der Waals surface area contributed by atoms with Gasteiger partial charge in [0, 0.05) is 12.1 Å². The van der Waals surface area contributed by atoms with Gasteiger partial charge in [0.25, 0.3) is 5.69 Å². The molecule has 1 heterocycles. The van der Waals surface area contributed by atoms with E-state index in [0.717, 1.165) is 22.2 Å². The average molecular weight is 494 g/mol. The zero-order chi connectivity index (χ0) is 25.0. The summed E-state index contributed by atoms with van der Waals surface area (Å²) in [5.41, 5.74) is 0.323. The number of carbonyl (C=O) groups excluding carboxylic acids is 1. The second-order valence-electron chi connectivity index (χ2n) is 7.73. The van der Waals surface area contributed by atoms with E-state index < -0.39 is 32.9 Å². The van der Waals surface area contributed by atoms with E-state index in [1.807, 2.05) is 0 Å². The first kappa shape index (κ1) is 25.1. The Balaban J connectivity index is 1.93. The number of hydrogen-bond acceptors (Lipinski definition) is 8. The van der Waals surface area contributed by atoms with E-state index in [0.29, 0.717) is 24.7 Å². The normalized spacial score (nSPS) is 14.6. The monoisotopic (exact) mass is 493 g/mol. The first-order valence-corrected chi connectivity index (χ1v) is 12.4. The molecule has 0 radical (unpaired) electrons. The Morgan fingerprint density at radius 3 is 2.47 bits per heavy atom. The Labute approximate surface area is 197 Å². The molecule has 0 spiro atoms. The fourth-order valence-corrected chi connectivity index (χ4v) is 4.93. The van der Waals surface area contributed by atoms with Gasteiger partial charge in [0.15, 0.2) is 11.5 Å². The summed E-state index contributed by atoms with van der Waals surface area (Å²) in [6.45, 7) is 4.29. The molecule has 34 heavy (non-hydrogen) atoms. The van der Waals surface area contributed by atoms with Crippen molar-refractivity contribution in [1.29, 1.82) is 0 Å². The molecule has 0 saturated heterocycles. The maximum absolute atomic E-state index is 13.3. The van der Waals surface area contributed by atoms with Crippen molar-refractivity contribution >= 4 is 27.3 Å². The number of hydrogen-bond donors (Lipinski definition) is 1. The average Bonchev–Trinajstić information content (AvgIpc) is 2.80. The molecule has 0 saturated carbocycles. The van der Waals surface area contributed by atoms with Crippen molar-refractivity contribution in [3.8, 4) is 17.2 Å². The number of non-ortho nitro benzene ring substituents is 1. The summed E-state index contributed by atoms with van der Waals surface area (Å²) in [6.07, 6.45) is 1.05. The molecule has 0 bridgehead atoms. The van der Waals surface area contributed by atoms with Crippen LogP contribution in [0.2, 0.25) is 0 Å². The highest BCUT2D eigenvalue weighted by Gasteiger charge is 2.35. The second-order valence-corrected chi connectivity index (χ2v) is 9.59. The molecule has 0 aromatic heterocycles. The number of nitrogens with one attached hydrogen (secondary N) is 1. The van der Waals surface area contributed by atoms with Gasteiger partial charge in [-0.25, -0.2) is 8.42 Å². The van der Waals surface area contributed by atoms with Crippen LogP contribution < -0.4 is 23.8 Å². The minimum Gasteiger partial charge on any atom is -0.495 e. The van der Waals surface area contributed by atoms with E-state index in [1.165, 1.54) is 19.2 Å².